The van der Waals surface area contributed by atoms with Gasteiger partial charge in [-0.15, -0.1) is 0 Å². The minimum absolute atomic E-state index is 0.450. The highest BCUT2D eigenvalue weighted by molar-refractivity contribution is 6.06. The molecular formula is C32H18N4O3. The molecule has 0 radical (unpaired) electrons. The van der Waals surface area contributed by atoms with Crippen LogP contribution in [0.15, 0.2) is 119 Å². The van der Waals surface area contributed by atoms with Gasteiger partial charge in [0, 0.05) is 57.2 Å². The number of fused-ring (bicyclic) bond motifs is 6. The zero-order chi connectivity index (χ0) is 25.8. The molecule has 0 bridgehead atoms. The van der Waals surface area contributed by atoms with E-state index in [1.54, 1.807) is 24.8 Å². The van der Waals surface area contributed by atoms with Crippen LogP contribution in [0, 0.1) is 0 Å². The van der Waals surface area contributed by atoms with Crippen LogP contribution in [0.5, 0.6) is 11.8 Å². The van der Waals surface area contributed by atoms with E-state index >= 15 is 0 Å². The standard InChI is InChI=1S/C32H18N4O3/c1-3-25(19-7-9-21-23-11-13-33-17-29(23)37-27(21)15-19)35-31(5-1)39-32-6-2-4-26(36-32)20-8-10-22-24-12-14-34-18-30(24)38-28(22)16-20/h1-18H. The van der Waals surface area contributed by atoms with Gasteiger partial charge in [-0.1, -0.05) is 24.3 Å². The molecule has 39 heavy (non-hydrogen) atoms. The molecule has 0 aliphatic heterocycles. The van der Waals surface area contributed by atoms with Crippen molar-refractivity contribution in [3.63, 3.8) is 0 Å². The van der Waals surface area contributed by atoms with Crippen LogP contribution in [-0.4, -0.2) is 19.9 Å². The Morgan fingerprint density at radius 3 is 1.49 bits per heavy atom. The first kappa shape index (κ1) is 21.5. The first-order valence-electron chi connectivity index (χ1n) is 12.4. The van der Waals surface area contributed by atoms with Gasteiger partial charge in [-0.25, -0.2) is 9.97 Å². The van der Waals surface area contributed by atoms with Gasteiger partial charge >= 0.3 is 0 Å². The van der Waals surface area contributed by atoms with Gasteiger partial charge in [-0.05, 0) is 48.5 Å². The average molecular weight is 507 g/mol. The first-order chi connectivity index (χ1) is 19.3. The van der Waals surface area contributed by atoms with E-state index in [0.29, 0.717) is 11.8 Å². The van der Waals surface area contributed by atoms with E-state index in [1.165, 1.54) is 0 Å². The summed E-state index contributed by atoms with van der Waals surface area (Å²) in [5.41, 5.74) is 6.50. The summed E-state index contributed by atoms with van der Waals surface area (Å²) in [5.74, 6) is 0.901. The summed E-state index contributed by atoms with van der Waals surface area (Å²) in [6.07, 6.45) is 7.00. The Labute approximate surface area is 221 Å². The predicted molar refractivity (Wildman–Crippen MR) is 150 cm³/mol. The van der Waals surface area contributed by atoms with Gasteiger partial charge in [0.15, 0.2) is 11.2 Å². The normalized spacial score (nSPS) is 11.6. The number of hydrogen-bond acceptors (Lipinski definition) is 7. The minimum atomic E-state index is 0.450. The summed E-state index contributed by atoms with van der Waals surface area (Å²) < 4.78 is 18.1. The highest BCUT2D eigenvalue weighted by Crippen LogP contribution is 2.33. The van der Waals surface area contributed by atoms with Crippen LogP contribution in [0.2, 0.25) is 0 Å². The molecule has 0 spiro atoms. The van der Waals surface area contributed by atoms with Crippen LogP contribution in [0.25, 0.3) is 66.4 Å². The Balaban J connectivity index is 1.10. The van der Waals surface area contributed by atoms with Gasteiger partial charge in [0.2, 0.25) is 11.8 Å². The molecule has 6 heterocycles. The van der Waals surface area contributed by atoms with E-state index < -0.39 is 0 Å². The molecule has 7 heteroatoms. The van der Waals surface area contributed by atoms with Gasteiger partial charge in [-0.2, -0.15) is 0 Å². The number of benzene rings is 2. The second kappa shape index (κ2) is 8.49. The lowest BCUT2D eigenvalue weighted by Crippen LogP contribution is -1.93. The van der Waals surface area contributed by atoms with Gasteiger partial charge in [-0.3, -0.25) is 9.97 Å². The topological polar surface area (TPSA) is 87.1 Å². The molecule has 0 aliphatic carbocycles. The van der Waals surface area contributed by atoms with Crippen LogP contribution in [0.1, 0.15) is 0 Å². The summed E-state index contributed by atoms with van der Waals surface area (Å²) in [7, 11) is 0. The molecule has 0 atom stereocenters. The zero-order valence-corrected chi connectivity index (χ0v) is 20.4. The van der Waals surface area contributed by atoms with E-state index in [2.05, 4.69) is 9.97 Å². The summed E-state index contributed by atoms with van der Waals surface area (Å²) in [4.78, 5) is 17.8. The van der Waals surface area contributed by atoms with Crippen molar-refractivity contribution in [1.29, 1.82) is 0 Å². The summed E-state index contributed by atoms with van der Waals surface area (Å²) in [5, 5.41) is 4.17. The molecule has 7 nitrogen and oxygen atoms in total. The Morgan fingerprint density at radius 2 is 0.974 bits per heavy atom. The minimum Gasteiger partial charge on any atom is -0.454 e. The number of aromatic nitrogens is 4. The van der Waals surface area contributed by atoms with Gasteiger partial charge in [0.1, 0.15) is 11.2 Å². The molecule has 184 valence electrons. The molecule has 0 aliphatic rings. The molecule has 0 N–H and O–H groups in total. The van der Waals surface area contributed by atoms with Crippen molar-refractivity contribution in [1.82, 2.24) is 19.9 Å². The number of hydrogen-bond donors (Lipinski definition) is 0. The first-order valence-corrected chi connectivity index (χ1v) is 12.4. The third kappa shape index (κ3) is 3.67. The molecule has 8 aromatic rings. The number of rotatable bonds is 4. The SMILES string of the molecule is c1cc(Oc2cccc(-c3ccc4c(c3)oc3cnccc34)n2)nc(-c2ccc3c(c2)oc2cnccc23)c1. The van der Waals surface area contributed by atoms with Crippen molar-refractivity contribution in [2.75, 3.05) is 0 Å². The fourth-order valence-electron chi connectivity index (χ4n) is 4.95. The summed E-state index contributed by atoms with van der Waals surface area (Å²) in [6.45, 7) is 0. The Hall–Kier alpha value is -5.56. The van der Waals surface area contributed by atoms with Gasteiger partial charge in [0.05, 0.1) is 23.8 Å². The molecule has 0 saturated heterocycles. The highest BCUT2D eigenvalue weighted by atomic mass is 16.5. The molecule has 8 rings (SSSR count). The molecule has 0 fully saturated rings. The number of ether oxygens (including phenoxy) is 1. The van der Waals surface area contributed by atoms with Crippen molar-refractivity contribution in [2.45, 2.75) is 0 Å². The molecule has 6 aromatic heterocycles. The molecule has 0 amide bonds. The molecule has 0 saturated carbocycles. The largest absolute Gasteiger partial charge is 0.454 e. The highest BCUT2D eigenvalue weighted by Gasteiger charge is 2.12. The van der Waals surface area contributed by atoms with E-state index in [-0.39, 0.29) is 0 Å². The quantitative estimate of drug-likeness (QED) is 0.238. The van der Waals surface area contributed by atoms with Crippen LogP contribution in [-0.2, 0) is 0 Å². The third-order valence-corrected chi connectivity index (χ3v) is 6.80. The lowest BCUT2D eigenvalue weighted by Gasteiger charge is -2.08. The van der Waals surface area contributed by atoms with Crippen molar-refractivity contribution >= 4 is 43.9 Å². The second-order valence-electron chi connectivity index (χ2n) is 9.19. The van der Waals surface area contributed by atoms with Gasteiger partial charge < -0.3 is 13.6 Å². The molecule has 0 unspecified atom stereocenters. The number of pyridine rings is 4. The molecular weight excluding hydrogens is 488 g/mol. The maximum atomic E-state index is 6.09. The van der Waals surface area contributed by atoms with Crippen molar-refractivity contribution in [3.05, 3.63) is 110 Å². The lowest BCUT2D eigenvalue weighted by molar-refractivity contribution is 0.446. The average Bonchev–Trinajstić information content (AvgIpc) is 3.55. The Kier molecular flexibility index (Phi) is 4.69. The summed E-state index contributed by atoms with van der Waals surface area (Å²) >= 11 is 0. The van der Waals surface area contributed by atoms with E-state index in [4.69, 9.17) is 23.5 Å². The van der Waals surface area contributed by atoms with Crippen LogP contribution in [0.4, 0.5) is 0 Å². The van der Waals surface area contributed by atoms with Crippen molar-refractivity contribution < 1.29 is 13.6 Å². The summed E-state index contributed by atoms with van der Waals surface area (Å²) in [6, 6.07) is 27.4. The number of furan rings is 2. The van der Waals surface area contributed by atoms with Crippen LogP contribution >= 0.6 is 0 Å². The maximum Gasteiger partial charge on any atom is 0.221 e. The lowest BCUT2D eigenvalue weighted by atomic mass is 10.1. The predicted octanol–water partition coefficient (Wildman–Crippen LogP) is 8.19. The fraction of sp³-hybridized carbons (Fsp3) is 0. The maximum absolute atomic E-state index is 6.09. The van der Waals surface area contributed by atoms with E-state index in [0.717, 1.165) is 66.4 Å². The fourth-order valence-corrected chi connectivity index (χ4v) is 4.95. The van der Waals surface area contributed by atoms with Crippen molar-refractivity contribution in [2.24, 2.45) is 0 Å². The zero-order valence-electron chi connectivity index (χ0n) is 20.4. The smallest absolute Gasteiger partial charge is 0.221 e. The van der Waals surface area contributed by atoms with E-state index in [1.807, 2.05) is 84.9 Å². The monoisotopic (exact) mass is 506 g/mol. The number of nitrogens with zero attached hydrogens (tertiary/aromatic N) is 4. The third-order valence-electron chi connectivity index (χ3n) is 6.80. The van der Waals surface area contributed by atoms with Crippen LogP contribution in [0.3, 0.4) is 0 Å². The van der Waals surface area contributed by atoms with Gasteiger partial charge in [0.25, 0.3) is 0 Å². The Morgan fingerprint density at radius 1 is 0.487 bits per heavy atom. The molecule has 2 aromatic carbocycles. The van der Waals surface area contributed by atoms with Crippen molar-refractivity contribution in [3.8, 4) is 34.3 Å². The second-order valence-corrected chi connectivity index (χ2v) is 9.19. The Bertz CT molecular complexity index is 2030. The van der Waals surface area contributed by atoms with Crippen LogP contribution < -0.4 is 4.74 Å². The van der Waals surface area contributed by atoms with E-state index in [9.17, 15) is 0 Å².